The zero-order valence-electron chi connectivity index (χ0n) is 27.1. The summed E-state index contributed by atoms with van der Waals surface area (Å²) in [4.78, 5) is 28.1. The Hall–Kier alpha value is -3.56. The molecule has 0 aliphatic carbocycles. The lowest BCUT2D eigenvalue weighted by molar-refractivity contribution is -0.245. The standard InChI is InChI=1S/C37H47NO7/c1-6-16-31-33(38(27(2)39)36(40)45-37(3,4)5)35(43-25-30-21-14-9-15-22-30)34(42-24-29-19-12-8-13-20-29)32(44-31)26-41-23-28-17-10-7-11-18-28/h7-15,17-22,31-35H,6,16,23-26H2,1-5H3/t31-,32-,33+,34+,35-/m1/s1. The van der Waals surface area contributed by atoms with Crippen molar-refractivity contribution >= 4 is 12.0 Å². The Kier molecular flexibility index (Phi) is 12.7. The smallest absolute Gasteiger partial charge is 0.417 e. The van der Waals surface area contributed by atoms with Gasteiger partial charge < -0.3 is 23.7 Å². The molecule has 0 unspecified atom stereocenters. The van der Waals surface area contributed by atoms with E-state index in [9.17, 15) is 9.59 Å². The van der Waals surface area contributed by atoms with Crippen molar-refractivity contribution in [2.75, 3.05) is 6.61 Å². The summed E-state index contributed by atoms with van der Waals surface area (Å²) < 4.78 is 32.0. The molecule has 8 nitrogen and oxygen atoms in total. The maximum atomic E-state index is 13.7. The summed E-state index contributed by atoms with van der Waals surface area (Å²) in [6.45, 7) is 9.93. The van der Waals surface area contributed by atoms with Crippen LogP contribution < -0.4 is 0 Å². The third-order valence-corrected chi connectivity index (χ3v) is 7.52. The Balaban J connectivity index is 1.72. The molecular formula is C37H47NO7. The van der Waals surface area contributed by atoms with Crippen LogP contribution in [0, 0.1) is 0 Å². The Morgan fingerprint density at radius 2 is 1.22 bits per heavy atom. The monoisotopic (exact) mass is 617 g/mol. The van der Waals surface area contributed by atoms with E-state index in [1.165, 1.54) is 11.8 Å². The summed E-state index contributed by atoms with van der Waals surface area (Å²) >= 11 is 0. The topological polar surface area (TPSA) is 83.5 Å². The number of ether oxygens (including phenoxy) is 5. The van der Waals surface area contributed by atoms with Crippen molar-refractivity contribution in [2.24, 2.45) is 0 Å². The zero-order valence-corrected chi connectivity index (χ0v) is 27.1. The second-order valence-electron chi connectivity index (χ2n) is 12.4. The number of imide groups is 1. The molecule has 0 N–H and O–H groups in total. The summed E-state index contributed by atoms with van der Waals surface area (Å²) in [5.74, 6) is -0.451. The number of amides is 2. The zero-order chi connectivity index (χ0) is 32.2. The highest BCUT2D eigenvalue weighted by Crippen LogP contribution is 2.34. The van der Waals surface area contributed by atoms with Crippen LogP contribution in [0.3, 0.4) is 0 Å². The van der Waals surface area contributed by atoms with Crippen LogP contribution in [-0.2, 0) is 48.3 Å². The number of carbonyl (C=O) groups excluding carboxylic acids is 2. The minimum Gasteiger partial charge on any atom is -0.443 e. The van der Waals surface area contributed by atoms with E-state index in [1.54, 1.807) is 20.8 Å². The molecule has 1 aliphatic rings. The van der Waals surface area contributed by atoms with E-state index < -0.39 is 48.1 Å². The third-order valence-electron chi connectivity index (χ3n) is 7.52. The van der Waals surface area contributed by atoms with E-state index in [-0.39, 0.29) is 19.8 Å². The van der Waals surface area contributed by atoms with E-state index >= 15 is 0 Å². The molecule has 0 bridgehead atoms. The van der Waals surface area contributed by atoms with E-state index in [0.717, 1.165) is 23.1 Å². The van der Waals surface area contributed by atoms with Gasteiger partial charge in [-0.15, -0.1) is 0 Å². The first-order valence-electron chi connectivity index (χ1n) is 15.8. The number of nitrogens with zero attached hydrogens (tertiary/aromatic N) is 1. The average Bonchev–Trinajstić information content (AvgIpc) is 3.01. The maximum absolute atomic E-state index is 13.7. The number of benzene rings is 3. The molecule has 3 aromatic rings. The second kappa shape index (κ2) is 16.7. The Morgan fingerprint density at radius 3 is 1.69 bits per heavy atom. The van der Waals surface area contributed by atoms with Crippen molar-refractivity contribution < 1.29 is 33.3 Å². The fourth-order valence-corrected chi connectivity index (χ4v) is 5.54. The first kappa shape index (κ1) is 34.3. The molecule has 0 radical (unpaired) electrons. The van der Waals surface area contributed by atoms with Crippen molar-refractivity contribution in [1.29, 1.82) is 0 Å². The summed E-state index contributed by atoms with van der Waals surface area (Å²) in [7, 11) is 0. The van der Waals surface area contributed by atoms with Crippen LogP contribution in [-0.4, -0.2) is 59.6 Å². The largest absolute Gasteiger partial charge is 0.443 e. The predicted molar refractivity (Wildman–Crippen MR) is 172 cm³/mol. The van der Waals surface area contributed by atoms with Gasteiger partial charge in [-0.25, -0.2) is 9.69 Å². The highest BCUT2D eigenvalue weighted by atomic mass is 16.6. The Labute approximate surface area is 267 Å². The number of hydrogen-bond acceptors (Lipinski definition) is 7. The van der Waals surface area contributed by atoms with Gasteiger partial charge >= 0.3 is 6.09 Å². The lowest BCUT2D eigenvalue weighted by Gasteiger charge is -2.49. The van der Waals surface area contributed by atoms with Crippen LogP contribution in [0.4, 0.5) is 4.79 Å². The van der Waals surface area contributed by atoms with E-state index in [1.807, 2.05) is 97.9 Å². The summed E-state index contributed by atoms with van der Waals surface area (Å²) in [5.41, 5.74) is 2.17. The lowest BCUT2D eigenvalue weighted by atomic mass is 9.88. The van der Waals surface area contributed by atoms with Gasteiger partial charge in [-0.3, -0.25) is 4.79 Å². The molecule has 2 amide bonds. The van der Waals surface area contributed by atoms with Gasteiger partial charge in [0.25, 0.3) is 0 Å². The van der Waals surface area contributed by atoms with Gasteiger partial charge in [0.2, 0.25) is 5.91 Å². The van der Waals surface area contributed by atoms with E-state index in [0.29, 0.717) is 13.0 Å². The minimum atomic E-state index is -0.808. The Bertz CT molecular complexity index is 1310. The van der Waals surface area contributed by atoms with Crippen molar-refractivity contribution in [3.05, 3.63) is 108 Å². The molecule has 0 spiro atoms. The first-order chi connectivity index (χ1) is 21.7. The summed E-state index contributed by atoms with van der Waals surface area (Å²) in [5, 5.41) is 0. The molecular weight excluding hydrogens is 570 g/mol. The van der Waals surface area contributed by atoms with Crippen LogP contribution in [0.15, 0.2) is 91.0 Å². The van der Waals surface area contributed by atoms with Gasteiger partial charge in [-0.2, -0.15) is 0 Å². The fraction of sp³-hybridized carbons (Fsp3) is 0.459. The third kappa shape index (κ3) is 10.2. The quantitative estimate of drug-likeness (QED) is 0.202. The molecule has 5 atom stereocenters. The molecule has 45 heavy (non-hydrogen) atoms. The molecule has 1 saturated heterocycles. The minimum absolute atomic E-state index is 0.235. The number of hydrogen-bond donors (Lipinski definition) is 0. The molecule has 4 rings (SSSR count). The van der Waals surface area contributed by atoms with Crippen LogP contribution in [0.25, 0.3) is 0 Å². The predicted octanol–water partition coefficient (Wildman–Crippen LogP) is 7.09. The SMILES string of the molecule is CCC[C@H]1O[C@H](COCc2ccccc2)[C@H](OCc2ccccc2)[C@H](OCc2ccccc2)[C@H]1N(C(C)=O)C(=O)OC(C)(C)C. The van der Waals surface area contributed by atoms with E-state index in [4.69, 9.17) is 23.7 Å². The highest BCUT2D eigenvalue weighted by molar-refractivity contribution is 5.91. The highest BCUT2D eigenvalue weighted by Gasteiger charge is 2.52. The second-order valence-corrected chi connectivity index (χ2v) is 12.4. The van der Waals surface area contributed by atoms with Gasteiger partial charge in [0.1, 0.15) is 23.9 Å². The van der Waals surface area contributed by atoms with Gasteiger partial charge in [-0.1, -0.05) is 104 Å². The van der Waals surface area contributed by atoms with Gasteiger partial charge in [0.05, 0.1) is 38.6 Å². The maximum Gasteiger partial charge on any atom is 0.417 e. The average molecular weight is 618 g/mol. The van der Waals surface area contributed by atoms with Crippen molar-refractivity contribution in [2.45, 2.75) is 103 Å². The fourth-order valence-electron chi connectivity index (χ4n) is 5.54. The van der Waals surface area contributed by atoms with Crippen molar-refractivity contribution in [3.63, 3.8) is 0 Å². The summed E-state index contributed by atoms with van der Waals surface area (Å²) in [6, 6.07) is 28.8. The van der Waals surface area contributed by atoms with Gasteiger partial charge in [0.15, 0.2) is 0 Å². The molecule has 1 fully saturated rings. The van der Waals surface area contributed by atoms with Crippen LogP contribution in [0.5, 0.6) is 0 Å². The molecule has 1 aliphatic heterocycles. The summed E-state index contributed by atoms with van der Waals surface area (Å²) in [6.07, 6.45) is -1.86. The molecule has 3 aromatic carbocycles. The first-order valence-corrected chi connectivity index (χ1v) is 15.8. The van der Waals surface area contributed by atoms with Crippen molar-refractivity contribution in [3.8, 4) is 0 Å². The molecule has 8 heteroatoms. The molecule has 0 aromatic heterocycles. The van der Waals surface area contributed by atoms with Crippen LogP contribution >= 0.6 is 0 Å². The van der Waals surface area contributed by atoms with Crippen LogP contribution in [0.2, 0.25) is 0 Å². The van der Waals surface area contributed by atoms with Crippen molar-refractivity contribution in [1.82, 2.24) is 4.90 Å². The molecule has 0 saturated carbocycles. The molecule has 1 heterocycles. The number of rotatable bonds is 13. The molecule has 242 valence electrons. The van der Waals surface area contributed by atoms with Gasteiger partial charge in [0, 0.05) is 6.92 Å². The van der Waals surface area contributed by atoms with Crippen LogP contribution in [0.1, 0.15) is 64.2 Å². The number of carbonyl (C=O) groups is 2. The Morgan fingerprint density at radius 1 is 0.733 bits per heavy atom. The van der Waals surface area contributed by atoms with Gasteiger partial charge in [-0.05, 0) is 43.9 Å². The normalized spacial score (nSPS) is 21.7. The van der Waals surface area contributed by atoms with E-state index in [2.05, 4.69) is 0 Å². The lowest BCUT2D eigenvalue weighted by Crippen LogP contribution is -2.67.